The molecule has 0 saturated carbocycles. The molecule has 7 nitrogen and oxygen atoms in total. The van der Waals surface area contributed by atoms with E-state index in [0.29, 0.717) is 24.4 Å². The van der Waals surface area contributed by atoms with Crippen LogP contribution in [0.2, 0.25) is 0 Å². The fourth-order valence-corrected chi connectivity index (χ4v) is 3.51. The lowest BCUT2D eigenvalue weighted by atomic mass is 10.2. The first-order chi connectivity index (χ1) is 14.0. The third-order valence-electron chi connectivity index (χ3n) is 4.89. The molecule has 4 aromatic rings. The van der Waals surface area contributed by atoms with Gasteiger partial charge in [0.25, 0.3) is 5.91 Å². The number of nitrogens with zero attached hydrogens (tertiary/aromatic N) is 4. The SMILES string of the molecule is CCn1nc(C(=O)NCc2nc3ccccc3n2CC)c(=O)c2cc(F)ccc21. The first-order valence-electron chi connectivity index (χ1n) is 9.46. The fourth-order valence-electron chi connectivity index (χ4n) is 3.51. The van der Waals surface area contributed by atoms with Gasteiger partial charge in [0.05, 0.1) is 28.5 Å². The first kappa shape index (κ1) is 18.8. The van der Waals surface area contributed by atoms with Crippen molar-refractivity contribution in [2.75, 3.05) is 0 Å². The number of benzene rings is 2. The molecule has 2 aromatic heterocycles. The molecule has 0 unspecified atom stereocenters. The number of hydrogen-bond acceptors (Lipinski definition) is 4. The van der Waals surface area contributed by atoms with Crippen LogP contribution in [0.15, 0.2) is 47.3 Å². The van der Waals surface area contributed by atoms with E-state index < -0.39 is 17.2 Å². The van der Waals surface area contributed by atoms with Gasteiger partial charge < -0.3 is 9.88 Å². The maximum atomic E-state index is 13.7. The van der Waals surface area contributed by atoms with E-state index in [-0.39, 0.29) is 17.6 Å². The van der Waals surface area contributed by atoms with E-state index in [4.69, 9.17) is 0 Å². The van der Waals surface area contributed by atoms with E-state index in [2.05, 4.69) is 15.4 Å². The van der Waals surface area contributed by atoms with Crippen LogP contribution < -0.4 is 10.7 Å². The van der Waals surface area contributed by atoms with Gasteiger partial charge in [0.15, 0.2) is 5.69 Å². The molecular weight excluding hydrogens is 373 g/mol. The number of nitrogens with one attached hydrogen (secondary N) is 1. The van der Waals surface area contributed by atoms with Crippen LogP contribution in [0.3, 0.4) is 0 Å². The van der Waals surface area contributed by atoms with Gasteiger partial charge in [-0.1, -0.05) is 12.1 Å². The third kappa shape index (κ3) is 3.26. The summed E-state index contributed by atoms with van der Waals surface area (Å²) in [6.45, 7) is 5.12. The molecule has 0 aliphatic heterocycles. The van der Waals surface area contributed by atoms with Crippen molar-refractivity contribution in [3.05, 3.63) is 70.0 Å². The van der Waals surface area contributed by atoms with Crippen LogP contribution in [0.4, 0.5) is 4.39 Å². The van der Waals surface area contributed by atoms with Crippen LogP contribution in [-0.4, -0.2) is 25.2 Å². The van der Waals surface area contributed by atoms with Crippen molar-refractivity contribution in [2.45, 2.75) is 33.5 Å². The van der Waals surface area contributed by atoms with Crippen molar-refractivity contribution in [3.63, 3.8) is 0 Å². The number of hydrogen-bond donors (Lipinski definition) is 1. The zero-order valence-corrected chi connectivity index (χ0v) is 16.1. The van der Waals surface area contributed by atoms with Crippen molar-refractivity contribution in [3.8, 4) is 0 Å². The van der Waals surface area contributed by atoms with E-state index in [1.807, 2.05) is 42.7 Å². The molecule has 8 heteroatoms. The lowest BCUT2D eigenvalue weighted by Crippen LogP contribution is -2.32. The van der Waals surface area contributed by atoms with Crippen LogP contribution in [-0.2, 0) is 19.6 Å². The molecule has 0 aliphatic carbocycles. The molecule has 0 bridgehead atoms. The molecule has 148 valence electrons. The highest BCUT2D eigenvalue weighted by Crippen LogP contribution is 2.16. The molecule has 0 fully saturated rings. The number of amides is 1. The standard InChI is InChI=1S/C21H20FN5O2/c1-3-26-17-8-6-5-7-15(17)24-18(26)12-23-21(29)19-20(28)14-11-13(22)9-10-16(14)27(4-2)25-19/h5-11H,3-4,12H2,1-2H3,(H,23,29). The minimum Gasteiger partial charge on any atom is -0.343 e. The van der Waals surface area contributed by atoms with Crippen molar-refractivity contribution >= 4 is 27.8 Å². The summed E-state index contributed by atoms with van der Waals surface area (Å²) in [6, 6.07) is 11.6. The highest BCUT2D eigenvalue weighted by Gasteiger charge is 2.18. The van der Waals surface area contributed by atoms with Crippen molar-refractivity contribution in [1.29, 1.82) is 0 Å². The normalized spacial score (nSPS) is 11.3. The summed E-state index contributed by atoms with van der Waals surface area (Å²) in [5, 5.41) is 7.05. The molecule has 2 aromatic carbocycles. The van der Waals surface area contributed by atoms with Gasteiger partial charge in [0.1, 0.15) is 11.6 Å². The van der Waals surface area contributed by atoms with Crippen LogP contribution in [0, 0.1) is 5.82 Å². The summed E-state index contributed by atoms with van der Waals surface area (Å²) in [4.78, 5) is 30.0. The summed E-state index contributed by atoms with van der Waals surface area (Å²) in [5.41, 5.74) is 1.45. The van der Waals surface area contributed by atoms with Crippen LogP contribution in [0.1, 0.15) is 30.2 Å². The molecule has 4 rings (SSSR count). The van der Waals surface area contributed by atoms with Gasteiger partial charge in [-0.25, -0.2) is 9.37 Å². The molecule has 0 saturated heterocycles. The quantitative estimate of drug-likeness (QED) is 0.565. The topological polar surface area (TPSA) is 81.8 Å². The highest BCUT2D eigenvalue weighted by atomic mass is 19.1. The number of imidazole rings is 1. The Labute approximate surface area is 165 Å². The van der Waals surface area contributed by atoms with Crippen molar-refractivity contribution < 1.29 is 9.18 Å². The number of halogens is 1. The number of aryl methyl sites for hydroxylation is 2. The summed E-state index contributed by atoms with van der Waals surface area (Å²) in [7, 11) is 0. The average molecular weight is 393 g/mol. The Kier molecular flexibility index (Phi) is 4.84. The molecule has 0 radical (unpaired) electrons. The molecule has 0 aliphatic rings. The molecule has 1 N–H and O–H groups in total. The smallest absolute Gasteiger partial charge is 0.276 e. The van der Waals surface area contributed by atoms with E-state index in [1.54, 1.807) is 0 Å². The average Bonchev–Trinajstić information content (AvgIpc) is 3.10. The fraction of sp³-hybridized carbons (Fsp3) is 0.238. The van der Waals surface area contributed by atoms with Crippen LogP contribution in [0.25, 0.3) is 21.9 Å². The lowest BCUT2D eigenvalue weighted by Gasteiger charge is -2.11. The third-order valence-corrected chi connectivity index (χ3v) is 4.89. The largest absolute Gasteiger partial charge is 0.343 e. The number of rotatable bonds is 5. The predicted octanol–water partition coefficient (Wildman–Crippen LogP) is 2.86. The van der Waals surface area contributed by atoms with Crippen molar-refractivity contribution in [1.82, 2.24) is 24.6 Å². The van der Waals surface area contributed by atoms with E-state index in [9.17, 15) is 14.0 Å². The van der Waals surface area contributed by atoms with E-state index >= 15 is 0 Å². The Hall–Kier alpha value is -3.55. The van der Waals surface area contributed by atoms with Gasteiger partial charge in [0, 0.05) is 13.1 Å². The van der Waals surface area contributed by atoms with Crippen molar-refractivity contribution in [2.24, 2.45) is 0 Å². The molecular formula is C21H20FN5O2. The number of aromatic nitrogens is 4. The monoisotopic (exact) mass is 393 g/mol. The highest BCUT2D eigenvalue weighted by molar-refractivity contribution is 5.95. The van der Waals surface area contributed by atoms with Crippen LogP contribution in [0.5, 0.6) is 0 Å². The van der Waals surface area contributed by atoms with Gasteiger partial charge in [0.2, 0.25) is 5.43 Å². The Morgan fingerprint density at radius 2 is 1.90 bits per heavy atom. The first-order valence-corrected chi connectivity index (χ1v) is 9.46. The Balaban J connectivity index is 1.68. The lowest BCUT2D eigenvalue weighted by molar-refractivity contribution is 0.0941. The number of fused-ring (bicyclic) bond motifs is 2. The number of carbonyl (C=O) groups is 1. The Morgan fingerprint density at radius 3 is 2.66 bits per heavy atom. The second-order valence-corrected chi connectivity index (χ2v) is 6.60. The second kappa shape index (κ2) is 7.46. The molecule has 29 heavy (non-hydrogen) atoms. The number of para-hydroxylation sites is 2. The Morgan fingerprint density at radius 1 is 1.10 bits per heavy atom. The number of carbonyl (C=O) groups excluding carboxylic acids is 1. The van der Waals surface area contributed by atoms with Gasteiger partial charge >= 0.3 is 0 Å². The molecule has 0 atom stereocenters. The summed E-state index contributed by atoms with van der Waals surface area (Å²) >= 11 is 0. The van der Waals surface area contributed by atoms with Gasteiger partial charge in [-0.05, 0) is 44.2 Å². The molecule has 0 spiro atoms. The maximum Gasteiger partial charge on any atom is 0.276 e. The van der Waals surface area contributed by atoms with Gasteiger partial charge in [-0.2, -0.15) is 5.10 Å². The summed E-state index contributed by atoms with van der Waals surface area (Å²) in [5.74, 6) is -0.464. The minimum absolute atomic E-state index is 0.132. The Bertz CT molecular complexity index is 1290. The zero-order chi connectivity index (χ0) is 20.5. The maximum absolute atomic E-state index is 13.7. The van der Waals surface area contributed by atoms with E-state index in [0.717, 1.165) is 17.1 Å². The van der Waals surface area contributed by atoms with Gasteiger partial charge in [-0.3, -0.25) is 14.3 Å². The summed E-state index contributed by atoms with van der Waals surface area (Å²) < 4.78 is 17.2. The van der Waals surface area contributed by atoms with Crippen LogP contribution >= 0.6 is 0 Å². The van der Waals surface area contributed by atoms with Gasteiger partial charge in [-0.15, -0.1) is 0 Å². The molecule has 2 heterocycles. The van der Waals surface area contributed by atoms with E-state index in [1.165, 1.54) is 16.8 Å². The minimum atomic E-state index is -0.613. The molecule has 1 amide bonds. The summed E-state index contributed by atoms with van der Waals surface area (Å²) in [6.07, 6.45) is 0. The second-order valence-electron chi connectivity index (χ2n) is 6.60. The predicted molar refractivity (Wildman–Crippen MR) is 108 cm³/mol. The zero-order valence-electron chi connectivity index (χ0n) is 16.1.